The summed E-state index contributed by atoms with van der Waals surface area (Å²) in [7, 11) is 1.30. The van der Waals surface area contributed by atoms with Gasteiger partial charge in [0.05, 0.1) is 17.7 Å². The van der Waals surface area contributed by atoms with Gasteiger partial charge in [0.2, 0.25) is 0 Å². The molecular weight excluding hydrogens is 559 g/mol. The summed E-state index contributed by atoms with van der Waals surface area (Å²) in [6, 6.07) is 23.6. The van der Waals surface area contributed by atoms with Gasteiger partial charge in [0.1, 0.15) is 18.1 Å². The van der Waals surface area contributed by atoms with Gasteiger partial charge in [-0.1, -0.05) is 48.0 Å². The van der Waals surface area contributed by atoms with E-state index in [0.29, 0.717) is 28.4 Å². The van der Waals surface area contributed by atoms with Gasteiger partial charge in [-0.3, -0.25) is 4.79 Å². The number of fused-ring (bicyclic) bond motifs is 1. The lowest BCUT2D eigenvalue weighted by Crippen LogP contribution is -2.23. The fourth-order valence-electron chi connectivity index (χ4n) is 4.57. The van der Waals surface area contributed by atoms with Gasteiger partial charge < -0.3 is 19.1 Å². The maximum absolute atomic E-state index is 12.9. The van der Waals surface area contributed by atoms with E-state index < -0.39 is 12.3 Å². The Morgan fingerprint density at radius 2 is 1.63 bits per heavy atom. The molecule has 5 rings (SSSR count). The smallest absolute Gasteiger partial charge is 0.489 e. The summed E-state index contributed by atoms with van der Waals surface area (Å²) < 4.78 is 51.9. The molecular formula is C31H23ClF3NO5. The van der Waals surface area contributed by atoms with Gasteiger partial charge >= 0.3 is 12.3 Å². The number of benzene rings is 4. The molecule has 41 heavy (non-hydrogen) atoms. The highest BCUT2D eigenvalue weighted by Crippen LogP contribution is 2.30. The zero-order chi connectivity index (χ0) is 29.1. The Balaban J connectivity index is 1.23. The number of rotatable bonds is 8. The predicted octanol–water partition coefficient (Wildman–Crippen LogP) is 7.43. The van der Waals surface area contributed by atoms with E-state index in [4.69, 9.17) is 21.1 Å². The van der Waals surface area contributed by atoms with Crippen molar-refractivity contribution in [2.24, 2.45) is 0 Å². The summed E-state index contributed by atoms with van der Waals surface area (Å²) >= 11 is 6.15. The van der Waals surface area contributed by atoms with E-state index in [2.05, 4.69) is 4.74 Å². The molecule has 1 aliphatic heterocycles. The Morgan fingerprint density at radius 1 is 0.902 bits per heavy atom. The summed E-state index contributed by atoms with van der Waals surface area (Å²) in [5, 5.41) is 0.308. The maximum atomic E-state index is 12.9. The van der Waals surface area contributed by atoms with Crippen LogP contribution >= 0.6 is 11.6 Å². The molecule has 0 fully saturated rings. The Labute approximate surface area is 238 Å². The summed E-state index contributed by atoms with van der Waals surface area (Å²) in [4.78, 5) is 26.5. The first-order chi connectivity index (χ1) is 19.6. The van der Waals surface area contributed by atoms with Crippen LogP contribution in [0.3, 0.4) is 0 Å². The number of carbonyl (C=O) groups is 2. The quantitative estimate of drug-likeness (QED) is 0.203. The minimum Gasteiger partial charge on any atom is -0.489 e. The van der Waals surface area contributed by atoms with Crippen molar-refractivity contribution in [1.29, 1.82) is 0 Å². The van der Waals surface area contributed by atoms with Crippen molar-refractivity contribution in [3.63, 3.8) is 0 Å². The van der Waals surface area contributed by atoms with Crippen molar-refractivity contribution in [3.05, 3.63) is 118 Å². The molecule has 0 atom stereocenters. The first-order valence-corrected chi connectivity index (χ1v) is 12.8. The van der Waals surface area contributed by atoms with Gasteiger partial charge in [-0.15, -0.1) is 13.2 Å². The molecule has 0 aromatic heterocycles. The van der Waals surface area contributed by atoms with Crippen LogP contribution in [-0.2, 0) is 24.4 Å². The van der Waals surface area contributed by atoms with Crippen LogP contribution in [0.1, 0.15) is 37.4 Å². The number of hydrogen-bond donors (Lipinski definition) is 0. The number of amides is 1. The van der Waals surface area contributed by atoms with E-state index in [9.17, 15) is 22.8 Å². The van der Waals surface area contributed by atoms with Gasteiger partial charge in [0.25, 0.3) is 5.91 Å². The van der Waals surface area contributed by atoms with E-state index in [1.54, 1.807) is 29.2 Å². The molecule has 0 unspecified atom stereocenters. The molecule has 0 spiro atoms. The molecule has 4 aromatic rings. The van der Waals surface area contributed by atoms with Crippen LogP contribution in [0.15, 0.2) is 84.9 Å². The Bertz CT molecular complexity index is 1600. The average Bonchev–Trinajstić information content (AvgIpc) is 3.26. The van der Waals surface area contributed by atoms with Crippen LogP contribution in [0.5, 0.6) is 11.5 Å². The van der Waals surface area contributed by atoms with Gasteiger partial charge in [0.15, 0.2) is 0 Å². The van der Waals surface area contributed by atoms with Crippen molar-refractivity contribution in [3.8, 4) is 22.6 Å². The molecule has 1 heterocycles. The number of methoxy groups -OCH3 is 1. The SMILES string of the molecule is COC(=O)c1cc(-c2cccc(COc3ccc4c(c3)CN(Cc3ccc(OC(F)(F)F)cc3)C4=O)c2)ccc1Cl. The van der Waals surface area contributed by atoms with Crippen molar-refractivity contribution >= 4 is 23.5 Å². The largest absolute Gasteiger partial charge is 0.573 e. The molecule has 0 radical (unpaired) electrons. The molecule has 1 aliphatic rings. The first kappa shape index (κ1) is 28.0. The lowest BCUT2D eigenvalue weighted by atomic mass is 10.0. The van der Waals surface area contributed by atoms with Crippen molar-refractivity contribution in [2.75, 3.05) is 7.11 Å². The zero-order valence-corrected chi connectivity index (χ0v) is 22.5. The van der Waals surface area contributed by atoms with E-state index in [1.807, 2.05) is 36.4 Å². The van der Waals surface area contributed by atoms with Gasteiger partial charge in [-0.2, -0.15) is 0 Å². The van der Waals surface area contributed by atoms with E-state index >= 15 is 0 Å². The fourth-order valence-corrected chi connectivity index (χ4v) is 4.76. The predicted molar refractivity (Wildman–Crippen MR) is 146 cm³/mol. The molecule has 10 heteroatoms. The normalized spacial score (nSPS) is 12.7. The minimum atomic E-state index is -4.76. The van der Waals surface area contributed by atoms with Crippen LogP contribution < -0.4 is 9.47 Å². The molecule has 0 N–H and O–H groups in total. The topological polar surface area (TPSA) is 65.1 Å². The summed E-state index contributed by atoms with van der Waals surface area (Å²) in [5.74, 6) is -0.400. The van der Waals surface area contributed by atoms with Gasteiger partial charge in [0, 0.05) is 18.7 Å². The third-order valence-electron chi connectivity index (χ3n) is 6.52. The standard InChI is InChI=1S/C31H23ClF3NO5/c1-39-30(38)27-15-22(7-12-28(27)32)21-4-2-3-20(13-21)18-40-25-10-11-26-23(14-25)17-36(29(26)37)16-19-5-8-24(9-6-19)41-31(33,34)35/h2-15H,16-18H2,1H3. The molecule has 0 bridgehead atoms. The van der Waals surface area contributed by atoms with E-state index in [1.165, 1.54) is 31.4 Å². The fraction of sp³-hybridized carbons (Fsp3) is 0.161. The molecule has 0 saturated carbocycles. The molecule has 0 saturated heterocycles. The van der Waals surface area contributed by atoms with Crippen LogP contribution in [-0.4, -0.2) is 30.2 Å². The van der Waals surface area contributed by atoms with Crippen LogP contribution in [0.2, 0.25) is 5.02 Å². The Kier molecular flexibility index (Phi) is 7.90. The minimum absolute atomic E-state index is 0.163. The van der Waals surface area contributed by atoms with E-state index in [0.717, 1.165) is 22.3 Å². The number of ether oxygens (including phenoxy) is 3. The second-order valence-electron chi connectivity index (χ2n) is 9.35. The average molecular weight is 582 g/mol. The lowest BCUT2D eigenvalue weighted by Gasteiger charge is -2.16. The summed E-state index contributed by atoms with van der Waals surface area (Å²) in [6.07, 6.45) is -4.76. The van der Waals surface area contributed by atoms with Crippen LogP contribution in [0, 0.1) is 0 Å². The van der Waals surface area contributed by atoms with Crippen molar-refractivity contribution in [2.45, 2.75) is 26.1 Å². The van der Waals surface area contributed by atoms with Gasteiger partial charge in [-0.25, -0.2) is 4.79 Å². The second kappa shape index (κ2) is 11.5. The third kappa shape index (κ3) is 6.63. The van der Waals surface area contributed by atoms with Crippen LogP contribution in [0.25, 0.3) is 11.1 Å². The highest BCUT2D eigenvalue weighted by atomic mass is 35.5. The van der Waals surface area contributed by atoms with E-state index in [-0.39, 0.29) is 30.4 Å². The molecule has 1 amide bonds. The monoisotopic (exact) mass is 581 g/mol. The molecule has 210 valence electrons. The third-order valence-corrected chi connectivity index (χ3v) is 6.85. The number of carbonyl (C=O) groups excluding carboxylic acids is 2. The highest BCUT2D eigenvalue weighted by molar-refractivity contribution is 6.33. The molecule has 0 aliphatic carbocycles. The second-order valence-corrected chi connectivity index (χ2v) is 9.75. The zero-order valence-electron chi connectivity index (χ0n) is 21.7. The Morgan fingerprint density at radius 3 is 2.37 bits per heavy atom. The Hall–Kier alpha value is -4.50. The van der Waals surface area contributed by atoms with Crippen molar-refractivity contribution < 1.29 is 37.0 Å². The lowest BCUT2D eigenvalue weighted by molar-refractivity contribution is -0.274. The van der Waals surface area contributed by atoms with Crippen molar-refractivity contribution in [1.82, 2.24) is 4.90 Å². The first-order valence-electron chi connectivity index (χ1n) is 12.5. The number of nitrogens with zero attached hydrogens (tertiary/aromatic N) is 1. The molecule has 6 nitrogen and oxygen atoms in total. The van der Waals surface area contributed by atoms with Gasteiger partial charge in [-0.05, 0) is 76.3 Å². The van der Waals surface area contributed by atoms with Crippen LogP contribution in [0.4, 0.5) is 13.2 Å². The number of halogens is 4. The number of hydrogen-bond acceptors (Lipinski definition) is 5. The maximum Gasteiger partial charge on any atom is 0.573 e. The number of esters is 1. The summed E-state index contributed by atoms with van der Waals surface area (Å²) in [5.41, 5.74) is 4.89. The number of alkyl halides is 3. The molecule has 4 aromatic carbocycles. The summed E-state index contributed by atoms with van der Waals surface area (Å²) in [6.45, 7) is 0.861. The highest BCUT2D eigenvalue weighted by Gasteiger charge is 2.31.